The van der Waals surface area contributed by atoms with Crippen molar-refractivity contribution in [2.75, 3.05) is 5.73 Å². The summed E-state index contributed by atoms with van der Waals surface area (Å²) in [5.41, 5.74) is 4.76. The van der Waals surface area contributed by atoms with Gasteiger partial charge < -0.3 is 5.73 Å². The Bertz CT molecular complexity index is 614. The van der Waals surface area contributed by atoms with Crippen LogP contribution in [0, 0.1) is 16.0 Å². The van der Waals surface area contributed by atoms with Gasteiger partial charge >= 0.3 is 5.69 Å². The van der Waals surface area contributed by atoms with Gasteiger partial charge in [0, 0.05) is 6.04 Å². The third kappa shape index (κ3) is 4.68. The Kier molecular flexibility index (Phi) is 5.68. The van der Waals surface area contributed by atoms with Crippen molar-refractivity contribution in [1.29, 1.82) is 0 Å². The van der Waals surface area contributed by atoms with Crippen molar-refractivity contribution in [1.82, 2.24) is 4.72 Å². The van der Waals surface area contributed by atoms with Crippen LogP contribution in [0.3, 0.4) is 0 Å². The maximum Gasteiger partial charge on any atom is 0.312 e. The van der Waals surface area contributed by atoms with Gasteiger partial charge in [-0.1, -0.05) is 19.9 Å². The molecule has 0 aliphatic carbocycles. The molecule has 7 nitrogen and oxygen atoms in total. The maximum absolute atomic E-state index is 12.3. The summed E-state index contributed by atoms with van der Waals surface area (Å²) < 4.78 is 27.0. The number of nitrogens with one attached hydrogen (secondary N) is 1. The van der Waals surface area contributed by atoms with Gasteiger partial charge in [0.05, 0.1) is 4.92 Å². The minimum absolute atomic E-state index is 0.169. The molecule has 1 atom stereocenters. The second kappa shape index (κ2) is 6.86. The fourth-order valence-electron chi connectivity index (χ4n) is 1.92. The summed E-state index contributed by atoms with van der Waals surface area (Å²) in [6.07, 6.45) is 1.52. The summed E-state index contributed by atoms with van der Waals surface area (Å²) in [5, 5.41) is 11.0. The first kappa shape index (κ1) is 17.4. The van der Waals surface area contributed by atoms with E-state index in [-0.39, 0.29) is 11.7 Å². The Hall–Kier alpha value is -1.67. The van der Waals surface area contributed by atoms with E-state index in [1.807, 2.05) is 13.8 Å². The number of nitro groups is 1. The quantitative estimate of drug-likeness (QED) is 0.455. The fourth-order valence-corrected chi connectivity index (χ4v) is 3.40. The molecule has 118 valence electrons. The summed E-state index contributed by atoms with van der Waals surface area (Å²) in [6.45, 7) is 5.83. The van der Waals surface area contributed by atoms with Gasteiger partial charge in [0.15, 0.2) is 4.90 Å². The summed E-state index contributed by atoms with van der Waals surface area (Å²) in [7, 11) is -3.98. The lowest BCUT2D eigenvalue weighted by atomic mass is 10.1. The first-order chi connectivity index (χ1) is 9.65. The van der Waals surface area contributed by atoms with Crippen LogP contribution in [0.25, 0.3) is 0 Å². The van der Waals surface area contributed by atoms with Crippen molar-refractivity contribution in [3.63, 3.8) is 0 Å². The zero-order valence-electron chi connectivity index (χ0n) is 12.4. The molecule has 0 aliphatic rings. The zero-order valence-corrected chi connectivity index (χ0v) is 13.2. The number of nitrogens with two attached hydrogens (primary N) is 1. The molecular weight excluding hydrogens is 294 g/mol. The number of para-hydroxylation sites is 1. The van der Waals surface area contributed by atoms with Crippen LogP contribution in [0.15, 0.2) is 23.1 Å². The number of nitrogen functional groups attached to an aromatic ring is 1. The number of hydrogen-bond acceptors (Lipinski definition) is 5. The lowest BCUT2D eigenvalue weighted by Crippen LogP contribution is -2.33. The van der Waals surface area contributed by atoms with Crippen LogP contribution in [-0.2, 0) is 10.0 Å². The fraction of sp³-hybridized carbons (Fsp3) is 0.538. The van der Waals surface area contributed by atoms with Crippen LogP contribution in [0.5, 0.6) is 0 Å². The first-order valence-corrected chi connectivity index (χ1v) is 8.18. The normalized spacial score (nSPS) is 13.3. The number of rotatable bonds is 7. The average Bonchev–Trinajstić information content (AvgIpc) is 2.35. The summed E-state index contributed by atoms with van der Waals surface area (Å²) in [5.74, 6) is 0.457. The molecule has 0 bridgehead atoms. The highest BCUT2D eigenvalue weighted by atomic mass is 32.2. The van der Waals surface area contributed by atoms with E-state index >= 15 is 0 Å². The van der Waals surface area contributed by atoms with Crippen molar-refractivity contribution in [2.45, 2.75) is 44.6 Å². The van der Waals surface area contributed by atoms with E-state index in [9.17, 15) is 18.5 Å². The number of hydrogen-bond donors (Lipinski definition) is 2. The van der Waals surface area contributed by atoms with Crippen LogP contribution in [-0.4, -0.2) is 19.4 Å². The van der Waals surface area contributed by atoms with Gasteiger partial charge in [-0.25, -0.2) is 13.1 Å². The largest absolute Gasteiger partial charge is 0.393 e. The van der Waals surface area contributed by atoms with E-state index in [1.165, 1.54) is 18.2 Å². The molecule has 3 N–H and O–H groups in total. The third-order valence-corrected chi connectivity index (χ3v) is 4.66. The van der Waals surface area contributed by atoms with Gasteiger partial charge in [0.2, 0.25) is 10.0 Å². The Morgan fingerprint density at radius 3 is 2.43 bits per heavy atom. The molecule has 1 aromatic rings. The molecule has 0 aliphatic heterocycles. The average molecular weight is 315 g/mol. The standard InChI is InChI=1S/C13H21N3O4S/c1-9(2)7-8-10(3)15-21(19,20)12-6-4-5-11(14)13(12)16(17)18/h4-6,9-10,15H,7-8,14H2,1-3H3. The molecule has 1 aromatic carbocycles. The molecule has 0 radical (unpaired) electrons. The lowest BCUT2D eigenvalue weighted by molar-refractivity contribution is -0.386. The van der Waals surface area contributed by atoms with Crippen molar-refractivity contribution < 1.29 is 13.3 Å². The molecule has 0 amide bonds. The van der Waals surface area contributed by atoms with E-state index in [1.54, 1.807) is 6.92 Å². The Morgan fingerprint density at radius 2 is 1.90 bits per heavy atom. The van der Waals surface area contributed by atoms with Crippen LogP contribution in [0.2, 0.25) is 0 Å². The molecule has 0 fully saturated rings. The van der Waals surface area contributed by atoms with Crippen LogP contribution in [0.4, 0.5) is 11.4 Å². The summed E-state index contributed by atoms with van der Waals surface area (Å²) in [6, 6.07) is 3.57. The van der Waals surface area contributed by atoms with Crippen molar-refractivity contribution >= 4 is 21.4 Å². The van der Waals surface area contributed by atoms with E-state index in [0.717, 1.165) is 6.42 Å². The highest BCUT2D eigenvalue weighted by molar-refractivity contribution is 7.89. The van der Waals surface area contributed by atoms with Gasteiger partial charge in [-0.3, -0.25) is 10.1 Å². The highest BCUT2D eigenvalue weighted by Gasteiger charge is 2.29. The Morgan fingerprint density at radius 1 is 1.29 bits per heavy atom. The van der Waals surface area contributed by atoms with Gasteiger partial charge in [-0.05, 0) is 37.8 Å². The van der Waals surface area contributed by atoms with E-state index in [0.29, 0.717) is 12.3 Å². The monoisotopic (exact) mass is 315 g/mol. The number of nitrogens with zero attached hydrogens (tertiary/aromatic N) is 1. The van der Waals surface area contributed by atoms with Gasteiger partial charge in [0.1, 0.15) is 5.69 Å². The smallest absolute Gasteiger partial charge is 0.312 e. The number of nitro benzene ring substituents is 1. The Labute approximate surface area is 124 Å². The lowest BCUT2D eigenvalue weighted by Gasteiger charge is -2.15. The van der Waals surface area contributed by atoms with Crippen molar-refractivity contribution in [3.05, 3.63) is 28.3 Å². The van der Waals surface area contributed by atoms with Crippen molar-refractivity contribution in [2.24, 2.45) is 5.92 Å². The molecule has 1 rings (SSSR count). The molecule has 8 heteroatoms. The van der Waals surface area contributed by atoms with Gasteiger partial charge in [-0.15, -0.1) is 0 Å². The molecule has 0 aromatic heterocycles. The molecule has 1 unspecified atom stereocenters. The first-order valence-electron chi connectivity index (χ1n) is 6.70. The second-order valence-electron chi connectivity index (χ2n) is 5.44. The maximum atomic E-state index is 12.3. The van der Waals surface area contributed by atoms with Gasteiger partial charge in [-0.2, -0.15) is 0 Å². The molecule has 0 saturated heterocycles. The van der Waals surface area contributed by atoms with E-state index in [2.05, 4.69) is 4.72 Å². The summed E-state index contributed by atoms with van der Waals surface area (Å²) >= 11 is 0. The number of benzene rings is 1. The van der Waals surface area contributed by atoms with E-state index < -0.39 is 25.5 Å². The number of anilines is 1. The minimum atomic E-state index is -3.98. The molecule has 21 heavy (non-hydrogen) atoms. The van der Waals surface area contributed by atoms with Crippen LogP contribution < -0.4 is 10.5 Å². The highest BCUT2D eigenvalue weighted by Crippen LogP contribution is 2.29. The SMILES string of the molecule is CC(C)CCC(C)NS(=O)(=O)c1cccc(N)c1[N+](=O)[O-]. The second-order valence-corrected chi connectivity index (χ2v) is 7.13. The summed E-state index contributed by atoms with van der Waals surface area (Å²) in [4.78, 5) is 9.85. The van der Waals surface area contributed by atoms with E-state index in [4.69, 9.17) is 5.73 Å². The number of sulfonamides is 1. The molecule has 0 spiro atoms. The predicted octanol–water partition coefficient (Wildman–Crippen LogP) is 2.28. The third-order valence-electron chi connectivity index (χ3n) is 3.04. The minimum Gasteiger partial charge on any atom is -0.393 e. The predicted molar refractivity (Wildman–Crippen MR) is 81.4 cm³/mol. The topological polar surface area (TPSA) is 115 Å². The van der Waals surface area contributed by atoms with Crippen molar-refractivity contribution in [3.8, 4) is 0 Å². The Balaban J connectivity index is 3.04. The molecular formula is C13H21N3O4S. The van der Waals surface area contributed by atoms with Crippen LogP contribution in [0.1, 0.15) is 33.6 Å². The molecule has 0 heterocycles. The zero-order chi connectivity index (χ0) is 16.2. The molecule has 0 saturated carbocycles. The van der Waals surface area contributed by atoms with Crippen LogP contribution >= 0.6 is 0 Å². The van der Waals surface area contributed by atoms with Gasteiger partial charge in [0.25, 0.3) is 0 Å².